The van der Waals surface area contributed by atoms with Crippen LogP contribution in [0.2, 0.25) is 0 Å². The van der Waals surface area contributed by atoms with Gasteiger partial charge in [-0.25, -0.2) is 4.79 Å². The van der Waals surface area contributed by atoms with Crippen LogP contribution in [-0.2, 0) is 16.1 Å². The van der Waals surface area contributed by atoms with E-state index in [1.54, 1.807) is 32.2 Å². The first kappa shape index (κ1) is 23.6. The topological polar surface area (TPSA) is 99.5 Å². The van der Waals surface area contributed by atoms with Crippen LogP contribution >= 0.6 is 0 Å². The van der Waals surface area contributed by atoms with Crippen molar-refractivity contribution in [1.82, 2.24) is 10.2 Å². The summed E-state index contributed by atoms with van der Waals surface area (Å²) in [6.07, 6.45) is 0. The number of nitrogens with zero attached hydrogens (tertiary/aromatic N) is 2. The second kappa shape index (κ2) is 10.4. The number of nitrogens with one attached hydrogen (secondary N) is 1. The Kier molecular flexibility index (Phi) is 7.92. The predicted octanol–water partition coefficient (Wildman–Crippen LogP) is 3.17. The van der Waals surface area contributed by atoms with Crippen molar-refractivity contribution in [1.29, 1.82) is 5.26 Å². The third kappa shape index (κ3) is 6.16. The molecule has 0 aromatic heterocycles. The van der Waals surface area contributed by atoms with Crippen LogP contribution in [0.4, 0.5) is 0 Å². The average Bonchev–Trinajstić information content (AvgIpc) is 2.77. The molecule has 31 heavy (non-hydrogen) atoms. The van der Waals surface area contributed by atoms with Crippen LogP contribution in [0.25, 0.3) is 0 Å². The number of rotatable bonds is 8. The van der Waals surface area contributed by atoms with Gasteiger partial charge in [-0.2, -0.15) is 5.26 Å². The highest BCUT2D eigenvalue weighted by molar-refractivity contribution is 6.05. The van der Waals surface area contributed by atoms with Crippen LogP contribution in [0.15, 0.2) is 54.6 Å². The van der Waals surface area contributed by atoms with E-state index in [-0.39, 0.29) is 23.0 Å². The van der Waals surface area contributed by atoms with Gasteiger partial charge < -0.3 is 15.0 Å². The molecule has 2 rings (SSSR count). The zero-order chi connectivity index (χ0) is 23.0. The smallest absolute Gasteiger partial charge is 0.339 e. The normalized spacial score (nSPS) is 12.4. The monoisotopic (exact) mass is 421 g/mol. The SMILES string of the molecule is CC(C)[C@](C)(C#N)NC(=O)COC(=O)c1ccccc1C(=O)N(C)Cc1ccccc1. The summed E-state index contributed by atoms with van der Waals surface area (Å²) < 4.78 is 5.12. The minimum absolute atomic E-state index is 0.0760. The summed E-state index contributed by atoms with van der Waals surface area (Å²) in [4.78, 5) is 39.2. The number of amides is 2. The fourth-order valence-corrected chi connectivity index (χ4v) is 2.82. The number of carbonyl (C=O) groups excluding carboxylic acids is 3. The van der Waals surface area contributed by atoms with Crippen molar-refractivity contribution in [3.63, 3.8) is 0 Å². The van der Waals surface area contributed by atoms with E-state index in [1.165, 1.54) is 11.0 Å². The van der Waals surface area contributed by atoms with E-state index in [0.717, 1.165) is 5.56 Å². The molecule has 0 spiro atoms. The minimum atomic E-state index is -1.07. The van der Waals surface area contributed by atoms with Crippen molar-refractivity contribution in [2.24, 2.45) is 5.92 Å². The number of hydrogen-bond donors (Lipinski definition) is 1. The molecule has 0 aliphatic carbocycles. The van der Waals surface area contributed by atoms with Crippen LogP contribution in [0, 0.1) is 17.2 Å². The van der Waals surface area contributed by atoms with Gasteiger partial charge in [-0.05, 0) is 30.5 Å². The van der Waals surface area contributed by atoms with Crippen molar-refractivity contribution in [2.45, 2.75) is 32.9 Å². The summed E-state index contributed by atoms with van der Waals surface area (Å²) in [6, 6.07) is 17.9. The first-order valence-corrected chi connectivity index (χ1v) is 9.95. The third-order valence-corrected chi connectivity index (χ3v) is 5.11. The summed E-state index contributed by atoms with van der Waals surface area (Å²) >= 11 is 0. The standard InChI is InChI=1S/C24H27N3O4/c1-17(2)24(3,16-25)26-21(28)15-31-23(30)20-13-9-8-12-19(20)22(29)27(4)14-18-10-6-5-7-11-18/h5-13,17H,14-15H2,1-4H3,(H,26,28)/t24-/m0/s1. The van der Waals surface area contributed by atoms with E-state index in [2.05, 4.69) is 11.4 Å². The molecule has 162 valence electrons. The molecule has 0 radical (unpaired) electrons. The van der Waals surface area contributed by atoms with Crippen LogP contribution in [0.1, 0.15) is 47.1 Å². The molecule has 0 aliphatic rings. The Balaban J connectivity index is 2.07. The zero-order valence-corrected chi connectivity index (χ0v) is 18.2. The summed E-state index contributed by atoms with van der Waals surface area (Å²) in [5.41, 5.74) is 0.153. The maximum Gasteiger partial charge on any atom is 0.339 e. The fraction of sp³-hybridized carbons (Fsp3) is 0.333. The molecule has 0 saturated carbocycles. The molecule has 2 aromatic carbocycles. The molecule has 2 aromatic rings. The molecule has 1 atom stereocenters. The second-order valence-electron chi connectivity index (χ2n) is 7.79. The highest BCUT2D eigenvalue weighted by Crippen LogP contribution is 2.16. The van der Waals surface area contributed by atoms with Crippen LogP contribution < -0.4 is 5.32 Å². The summed E-state index contributed by atoms with van der Waals surface area (Å²) in [5.74, 6) is -1.83. The van der Waals surface area contributed by atoms with Gasteiger partial charge in [0.1, 0.15) is 5.54 Å². The number of carbonyl (C=O) groups is 3. The van der Waals surface area contributed by atoms with Crippen LogP contribution in [0.3, 0.4) is 0 Å². The van der Waals surface area contributed by atoms with Crippen molar-refractivity contribution in [2.75, 3.05) is 13.7 Å². The molecular formula is C24H27N3O4. The first-order valence-electron chi connectivity index (χ1n) is 9.95. The van der Waals surface area contributed by atoms with Gasteiger partial charge in [-0.3, -0.25) is 9.59 Å². The Morgan fingerprint density at radius 1 is 1.06 bits per heavy atom. The molecule has 1 N–H and O–H groups in total. The predicted molar refractivity (Wildman–Crippen MR) is 116 cm³/mol. The Bertz CT molecular complexity index is 982. The summed E-state index contributed by atoms with van der Waals surface area (Å²) in [5, 5.41) is 11.9. The van der Waals surface area contributed by atoms with Gasteiger partial charge >= 0.3 is 5.97 Å². The quantitative estimate of drug-likeness (QED) is 0.660. The van der Waals surface area contributed by atoms with E-state index in [9.17, 15) is 19.6 Å². The minimum Gasteiger partial charge on any atom is -0.452 e. The van der Waals surface area contributed by atoms with Gasteiger partial charge in [0.05, 0.1) is 17.2 Å². The van der Waals surface area contributed by atoms with Gasteiger partial charge in [0.2, 0.25) is 0 Å². The average molecular weight is 421 g/mol. The molecule has 0 heterocycles. The van der Waals surface area contributed by atoms with E-state index in [0.29, 0.717) is 6.54 Å². The van der Waals surface area contributed by atoms with Gasteiger partial charge in [-0.1, -0.05) is 56.3 Å². The lowest BCUT2D eigenvalue weighted by molar-refractivity contribution is -0.125. The third-order valence-electron chi connectivity index (χ3n) is 5.11. The highest BCUT2D eigenvalue weighted by Gasteiger charge is 2.30. The number of hydrogen-bond acceptors (Lipinski definition) is 5. The molecule has 2 amide bonds. The van der Waals surface area contributed by atoms with E-state index < -0.39 is 24.0 Å². The van der Waals surface area contributed by atoms with Crippen molar-refractivity contribution in [3.05, 3.63) is 71.3 Å². The van der Waals surface area contributed by atoms with Crippen molar-refractivity contribution >= 4 is 17.8 Å². The van der Waals surface area contributed by atoms with Gasteiger partial charge in [0, 0.05) is 13.6 Å². The Morgan fingerprint density at radius 3 is 2.23 bits per heavy atom. The number of nitriles is 1. The maximum absolute atomic E-state index is 12.9. The van der Waals surface area contributed by atoms with Gasteiger partial charge in [0.15, 0.2) is 6.61 Å². The number of ether oxygens (including phenoxy) is 1. The lowest BCUT2D eigenvalue weighted by Gasteiger charge is -2.27. The molecule has 0 fully saturated rings. The number of esters is 1. The van der Waals surface area contributed by atoms with Crippen molar-refractivity contribution < 1.29 is 19.1 Å². The highest BCUT2D eigenvalue weighted by atomic mass is 16.5. The molecule has 0 bridgehead atoms. The second-order valence-corrected chi connectivity index (χ2v) is 7.79. The molecule has 0 saturated heterocycles. The van der Waals surface area contributed by atoms with E-state index in [1.807, 2.05) is 44.2 Å². The largest absolute Gasteiger partial charge is 0.452 e. The van der Waals surface area contributed by atoms with E-state index >= 15 is 0 Å². The maximum atomic E-state index is 12.9. The molecule has 0 unspecified atom stereocenters. The summed E-state index contributed by atoms with van der Waals surface area (Å²) in [6.45, 7) is 5.05. The van der Waals surface area contributed by atoms with Gasteiger partial charge in [-0.15, -0.1) is 0 Å². The van der Waals surface area contributed by atoms with Crippen LogP contribution in [0.5, 0.6) is 0 Å². The Hall–Kier alpha value is -3.66. The van der Waals surface area contributed by atoms with E-state index in [4.69, 9.17) is 4.74 Å². The lowest BCUT2D eigenvalue weighted by atomic mass is 9.90. The molecule has 0 aliphatic heterocycles. The Morgan fingerprint density at radius 2 is 1.65 bits per heavy atom. The number of benzene rings is 2. The Labute approximate surface area is 182 Å². The van der Waals surface area contributed by atoms with Crippen molar-refractivity contribution in [3.8, 4) is 6.07 Å². The lowest BCUT2D eigenvalue weighted by Crippen LogP contribution is -2.50. The first-order chi connectivity index (χ1) is 14.7. The molecule has 7 heteroatoms. The summed E-state index contributed by atoms with van der Waals surface area (Å²) in [7, 11) is 1.65. The van der Waals surface area contributed by atoms with Crippen LogP contribution in [-0.4, -0.2) is 41.9 Å². The molecule has 7 nitrogen and oxygen atoms in total. The van der Waals surface area contributed by atoms with Gasteiger partial charge in [0.25, 0.3) is 11.8 Å². The fourth-order valence-electron chi connectivity index (χ4n) is 2.82. The molecular weight excluding hydrogens is 394 g/mol. The zero-order valence-electron chi connectivity index (χ0n) is 18.2.